The van der Waals surface area contributed by atoms with E-state index in [0.29, 0.717) is 39.6 Å². The highest BCUT2D eigenvalue weighted by atomic mass is 16.7. The molecule has 0 saturated carbocycles. The Bertz CT molecular complexity index is 2080. The highest BCUT2D eigenvalue weighted by molar-refractivity contribution is 5.18. The second-order valence-electron chi connectivity index (χ2n) is 16.7. The summed E-state index contributed by atoms with van der Waals surface area (Å²) in [4.78, 5) is 0. The predicted octanol–water partition coefficient (Wildman–Crippen LogP) is 9.26. The minimum absolute atomic E-state index is 0.0995. The van der Waals surface area contributed by atoms with Crippen molar-refractivity contribution in [2.75, 3.05) is 27.4 Å². The minimum Gasteiger partial charge on any atom is -0.376 e. The third kappa shape index (κ3) is 14.0. The zero-order valence-corrected chi connectivity index (χ0v) is 38.2. The summed E-state index contributed by atoms with van der Waals surface area (Å²) < 4.78 is 73.0. The van der Waals surface area contributed by atoms with Crippen LogP contribution in [0.25, 0.3) is 0 Å². The molecular formula is C56H62O11. The van der Waals surface area contributed by atoms with Crippen molar-refractivity contribution in [1.82, 2.24) is 0 Å². The van der Waals surface area contributed by atoms with E-state index in [2.05, 4.69) is 0 Å². The van der Waals surface area contributed by atoms with Gasteiger partial charge in [-0.1, -0.05) is 182 Å². The highest BCUT2D eigenvalue weighted by Gasteiger charge is 2.51. The van der Waals surface area contributed by atoms with Gasteiger partial charge in [0.05, 0.1) is 52.9 Å². The largest absolute Gasteiger partial charge is 0.376 e. The lowest BCUT2D eigenvalue weighted by molar-refractivity contribution is -0.332. The van der Waals surface area contributed by atoms with Gasteiger partial charge in [0.1, 0.15) is 48.8 Å². The number of rotatable bonds is 24. The SMILES string of the molecule is CO[C@H]1O[C@H](COC[C@H]2O[C@H](OC)[C@H](OCc3ccccc3)[C@H](OCc3ccccc3)[C@@H]2OCc2ccccc2)[C@@H](OCc2ccccc2)[C@@H](OCc2ccccc2)[C@H]1OCc1ccccc1. The maximum Gasteiger partial charge on any atom is 0.186 e. The van der Waals surface area contributed by atoms with E-state index < -0.39 is 61.4 Å². The lowest BCUT2D eigenvalue weighted by Crippen LogP contribution is -2.62. The molecule has 352 valence electrons. The van der Waals surface area contributed by atoms with Crippen LogP contribution in [0.3, 0.4) is 0 Å². The molecule has 10 atom stereocenters. The van der Waals surface area contributed by atoms with Crippen LogP contribution in [0, 0.1) is 0 Å². The second-order valence-corrected chi connectivity index (χ2v) is 16.7. The molecule has 0 amide bonds. The van der Waals surface area contributed by atoms with Gasteiger partial charge in [-0.05, 0) is 33.4 Å². The van der Waals surface area contributed by atoms with Crippen molar-refractivity contribution in [3.8, 4) is 0 Å². The average molecular weight is 911 g/mol. The Labute approximate surface area is 394 Å². The van der Waals surface area contributed by atoms with Crippen molar-refractivity contribution in [3.05, 3.63) is 215 Å². The van der Waals surface area contributed by atoms with Gasteiger partial charge in [0.25, 0.3) is 0 Å². The fourth-order valence-corrected chi connectivity index (χ4v) is 8.44. The summed E-state index contributed by atoms with van der Waals surface area (Å²) in [5.41, 5.74) is 6.05. The fraction of sp³-hybridized carbons (Fsp3) is 0.357. The van der Waals surface area contributed by atoms with E-state index in [-0.39, 0.29) is 13.2 Å². The van der Waals surface area contributed by atoms with E-state index in [1.165, 1.54) is 0 Å². The third-order valence-electron chi connectivity index (χ3n) is 11.9. The monoisotopic (exact) mass is 910 g/mol. The van der Waals surface area contributed by atoms with Gasteiger partial charge in [-0.3, -0.25) is 0 Å². The molecule has 2 aliphatic rings. The zero-order chi connectivity index (χ0) is 45.9. The minimum atomic E-state index is -0.807. The van der Waals surface area contributed by atoms with Gasteiger partial charge in [0.15, 0.2) is 12.6 Å². The summed E-state index contributed by atoms with van der Waals surface area (Å²) in [7, 11) is 3.23. The Hall–Kier alpha value is -5.12. The number of benzene rings is 6. The summed E-state index contributed by atoms with van der Waals surface area (Å²) in [6.45, 7) is 2.09. The van der Waals surface area contributed by atoms with Crippen LogP contribution >= 0.6 is 0 Å². The highest BCUT2D eigenvalue weighted by Crippen LogP contribution is 2.34. The van der Waals surface area contributed by atoms with E-state index in [4.69, 9.17) is 52.1 Å². The first kappa shape index (κ1) is 48.3. The predicted molar refractivity (Wildman–Crippen MR) is 252 cm³/mol. The Morgan fingerprint density at radius 1 is 0.299 bits per heavy atom. The van der Waals surface area contributed by atoms with Crippen molar-refractivity contribution >= 4 is 0 Å². The quantitative estimate of drug-likeness (QED) is 0.0581. The van der Waals surface area contributed by atoms with E-state index in [1.54, 1.807) is 14.2 Å². The Morgan fingerprint density at radius 2 is 0.522 bits per heavy atom. The normalized spacial score (nSPS) is 25.2. The first-order chi connectivity index (χ1) is 33.1. The van der Waals surface area contributed by atoms with Crippen molar-refractivity contribution in [1.29, 1.82) is 0 Å². The number of hydrogen-bond acceptors (Lipinski definition) is 11. The molecule has 0 unspecified atom stereocenters. The van der Waals surface area contributed by atoms with Crippen molar-refractivity contribution in [3.63, 3.8) is 0 Å². The molecular weight excluding hydrogens is 849 g/mol. The lowest BCUT2D eigenvalue weighted by Gasteiger charge is -2.46. The van der Waals surface area contributed by atoms with Gasteiger partial charge in [0, 0.05) is 14.2 Å². The van der Waals surface area contributed by atoms with Crippen LogP contribution in [0.5, 0.6) is 0 Å². The summed E-state index contributed by atoms with van der Waals surface area (Å²) >= 11 is 0. The summed E-state index contributed by atoms with van der Waals surface area (Å²) in [5, 5.41) is 0. The molecule has 0 aliphatic carbocycles. The van der Waals surface area contributed by atoms with E-state index in [9.17, 15) is 0 Å². The zero-order valence-electron chi connectivity index (χ0n) is 38.2. The van der Waals surface area contributed by atoms with Crippen LogP contribution < -0.4 is 0 Å². The van der Waals surface area contributed by atoms with Crippen LogP contribution in [-0.2, 0) is 91.7 Å². The van der Waals surface area contributed by atoms with Gasteiger partial charge in [-0.25, -0.2) is 0 Å². The molecule has 0 spiro atoms. The second kappa shape index (κ2) is 25.9. The maximum absolute atomic E-state index is 6.84. The molecule has 8 rings (SSSR count). The molecule has 67 heavy (non-hydrogen) atoms. The third-order valence-corrected chi connectivity index (χ3v) is 11.9. The fourth-order valence-electron chi connectivity index (χ4n) is 8.44. The topological polar surface area (TPSA) is 102 Å². The number of methoxy groups -OCH3 is 2. The standard InChI is InChI=1S/C56H62O11/c1-57-55-53(64-37-45-29-17-7-18-30-45)51(62-35-43-25-13-5-14-26-43)49(60-33-41-21-9-3-10-22-41)47(66-55)39-59-40-48-50(61-34-42-23-11-4-12-24-42)52(63-36-44-27-15-6-16-28-44)54(56(58-2)67-48)65-38-46-31-19-8-20-32-46/h3-32,47-56H,33-40H2,1-2H3/t47-,48-,49-,50-,51-,52-,53-,54-,55+,56+/m1/s1. The average Bonchev–Trinajstić information content (AvgIpc) is 3.39. The van der Waals surface area contributed by atoms with Gasteiger partial charge >= 0.3 is 0 Å². The molecule has 11 nitrogen and oxygen atoms in total. The van der Waals surface area contributed by atoms with Gasteiger partial charge in [-0.2, -0.15) is 0 Å². The molecule has 0 bridgehead atoms. The van der Waals surface area contributed by atoms with Gasteiger partial charge in [0.2, 0.25) is 0 Å². The van der Waals surface area contributed by atoms with Gasteiger partial charge < -0.3 is 52.1 Å². The number of hydrogen-bond donors (Lipinski definition) is 0. The van der Waals surface area contributed by atoms with E-state index >= 15 is 0 Å². The lowest BCUT2D eigenvalue weighted by atomic mass is 9.97. The molecule has 2 aliphatic heterocycles. The van der Waals surface area contributed by atoms with E-state index in [1.807, 2.05) is 182 Å². The molecule has 2 saturated heterocycles. The summed E-state index contributed by atoms with van der Waals surface area (Å²) in [5.74, 6) is 0. The molecule has 0 radical (unpaired) electrons. The van der Waals surface area contributed by atoms with Crippen LogP contribution in [0.15, 0.2) is 182 Å². The van der Waals surface area contributed by atoms with Crippen LogP contribution in [0.4, 0.5) is 0 Å². The number of ether oxygens (including phenoxy) is 11. The Balaban J connectivity index is 1.06. The van der Waals surface area contributed by atoms with Crippen LogP contribution in [0.1, 0.15) is 33.4 Å². The molecule has 6 aromatic rings. The molecule has 2 heterocycles. The van der Waals surface area contributed by atoms with Crippen molar-refractivity contribution in [2.45, 2.75) is 101 Å². The van der Waals surface area contributed by atoms with Gasteiger partial charge in [-0.15, -0.1) is 0 Å². The molecule has 11 heteroatoms. The Morgan fingerprint density at radius 3 is 0.761 bits per heavy atom. The molecule has 6 aromatic carbocycles. The van der Waals surface area contributed by atoms with E-state index in [0.717, 1.165) is 33.4 Å². The molecule has 2 fully saturated rings. The summed E-state index contributed by atoms with van der Waals surface area (Å²) in [6, 6.07) is 60.2. The van der Waals surface area contributed by atoms with Crippen LogP contribution in [0.2, 0.25) is 0 Å². The smallest absolute Gasteiger partial charge is 0.186 e. The molecule has 0 N–H and O–H groups in total. The first-order valence-corrected chi connectivity index (χ1v) is 23.0. The van der Waals surface area contributed by atoms with Crippen LogP contribution in [-0.4, -0.2) is 88.8 Å². The summed E-state index contributed by atoms with van der Waals surface area (Å²) in [6.07, 6.45) is -6.74. The molecule has 0 aromatic heterocycles. The first-order valence-electron chi connectivity index (χ1n) is 23.0. The maximum atomic E-state index is 6.84. The Kier molecular flexibility index (Phi) is 18.7. The van der Waals surface area contributed by atoms with Crippen molar-refractivity contribution in [2.24, 2.45) is 0 Å². The van der Waals surface area contributed by atoms with Crippen molar-refractivity contribution < 1.29 is 52.1 Å².